The first-order valence-corrected chi connectivity index (χ1v) is 12.8. The Labute approximate surface area is 218 Å². The van der Waals surface area contributed by atoms with Crippen LogP contribution in [0.15, 0.2) is 58.5 Å². The van der Waals surface area contributed by atoms with Crippen molar-refractivity contribution in [2.75, 3.05) is 17.7 Å². The molecular formula is C25H18ClF3N6OS. The van der Waals surface area contributed by atoms with Gasteiger partial charge in [-0.2, -0.15) is 18.4 Å². The minimum absolute atomic E-state index is 0.00393. The molecule has 1 unspecified atom stereocenters. The van der Waals surface area contributed by atoms with E-state index in [1.54, 1.807) is 36.6 Å². The van der Waals surface area contributed by atoms with E-state index in [-0.39, 0.29) is 22.1 Å². The molecule has 1 atom stereocenters. The van der Waals surface area contributed by atoms with Crippen LogP contribution in [0.2, 0.25) is 5.15 Å². The lowest BCUT2D eigenvalue weighted by Crippen LogP contribution is -2.33. The first-order chi connectivity index (χ1) is 17.7. The molecule has 0 saturated carbocycles. The van der Waals surface area contributed by atoms with Gasteiger partial charge >= 0.3 is 6.18 Å². The normalized spacial score (nSPS) is 15.8. The van der Waals surface area contributed by atoms with Gasteiger partial charge < -0.3 is 4.90 Å². The lowest BCUT2D eigenvalue weighted by atomic mass is 10.1. The van der Waals surface area contributed by atoms with E-state index in [1.807, 2.05) is 4.90 Å². The molecule has 1 aliphatic rings. The SMILES string of the molecule is CSc1nc(Cl)c(C#N)c(N2CCCC2c2nc3cccc(C(F)(F)F)c3c(=O)n2-c2ccccc2)n1. The predicted octanol–water partition coefficient (Wildman–Crippen LogP) is 5.78. The summed E-state index contributed by atoms with van der Waals surface area (Å²) < 4.78 is 42.8. The Morgan fingerprint density at radius 3 is 2.54 bits per heavy atom. The molecule has 188 valence electrons. The largest absolute Gasteiger partial charge is 0.417 e. The van der Waals surface area contributed by atoms with Crippen LogP contribution in [0.4, 0.5) is 19.0 Å². The molecule has 0 amide bonds. The summed E-state index contributed by atoms with van der Waals surface area (Å²) in [5.41, 5.74) is -1.45. The van der Waals surface area contributed by atoms with Crippen molar-refractivity contribution in [1.82, 2.24) is 19.5 Å². The van der Waals surface area contributed by atoms with Gasteiger partial charge in [0, 0.05) is 6.54 Å². The number of para-hydroxylation sites is 1. The van der Waals surface area contributed by atoms with E-state index in [1.165, 1.54) is 28.5 Å². The van der Waals surface area contributed by atoms with Gasteiger partial charge in [0.1, 0.15) is 17.5 Å². The monoisotopic (exact) mass is 542 g/mol. The highest BCUT2D eigenvalue weighted by atomic mass is 35.5. The number of hydrogen-bond acceptors (Lipinski definition) is 7. The average Bonchev–Trinajstić information content (AvgIpc) is 3.37. The molecule has 3 heterocycles. The fourth-order valence-electron chi connectivity index (χ4n) is 4.62. The molecule has 1 saturated heterocycles. The maximum atomic E-state index is 13.9. The fourth-order valence-corrected chi connectivity index (χ4v) is 5.24. The van der Waals surface area contributed by atoms with E-state index >= 15 is 0 Å². The minimum Gasteiger partial charge on any atom is -0.345 e. The van der Waals surface area contributed by atoms with Gasteiger partial charge in [-0.25, -0.2) is 15.0 Å². The zero-order chi connectivity index (χ0) is 26.3. The van der Waals surface area contributed by atoms with Gasteiger partial charge in [-0.15, -0.1) is 0 Å². The fraction of sp³-hybridized carbons (Fsp3) is 0.240. The van der Waals surface area contributed by atoms with Crippen molar-refractivity contribution >= 4 is 40.1 Å². The van der Waals surface area contributed by atoms with Crippen molar-refractivity contribution in [3.8, 4) is 11.8 Å². The number of nitrogens with zero attached hydrogens (tertiary/aromatic N) is 6. The standard InChI is InChI=1S/C25H18ClF3N6OS/c1-37-24-32-20(26)15(13-30)21(33-24)34-12-6-11-18(34)22-31-17-10-5-9-16(25(27,28)29)19(17)23(36)35(22)14-7-3-2-4-8-14/h2-5,7-10,18H,6,11-12H2,1H3. The zero-order valence-corrected chi connectivity index (χ0v) is 20.9. The number of thioether (sulfide) groups is 1. The minimum atomic E-state index is -4.73. The molecule has 2 aromatic carbocycles. The van der Waals surface area contributed by atoms with Crippen molar-refractivity contribution in [3.05, 3.63) is 81.0 Å². The quantitative estimate of drug-likeness (QED) is 0.183. The lowest BCUT2D eigenvalue weighted by Gasteiger charge is -2.28. The maximum absolute atomic E-state index is 13.9. The van der Waals surface area contributed by atoms with Gasteiger partial charge in [0.05, 0.1) is 28.2 Å². The summed E-state index contributed by atoms with van der Waals surface area (Å²) in [5, 5.41) is 9.65. The van der Waals surface area contributed by atoms with Gasteiger partial charge in [0.25, 0.3) is 5.56 Å². The summed E-state index contributed by atoms with van der Waals surface area (Å²) in [7, 11) is 0. The summed E-state index contributed by atoms with van der Waals surface area (Å²) >= 11 is 7.55. The van der Waals surface area contributed by atoms with E-state index in [0.717, 1.165) is 6.07 Å². The molecule has 12 heteroatoms. The Kier molecular flexibility index (Phi) is 6.56. The number of aromatic nitrogens is 4. The Balaban J connectivity index is 1.80. The van der Waals surface area contributed by atoms with Crippen LogP contribution >= 0.6 is 23.4 Å². The highest BCUT2D eigenvalue weighted by Gasteiger charge is 2.37. The summed E-state index contributed by atoms with van der Waals surface area (Å²) in [6.07, 6.45) is -1.75. The predicted molar refractivity (Wildman–Crippen MR) is 135 cm³/mol. The highest BCUT2D eigenvalue weighted by Crippen LogP contribution is 2.39. The zero-order valence-electron chi connectivity index (χ0n) is 19.3. The van der Waals surface area contributed by atoms with Gasteiger partial charge in [0.2, 0.25) is 0 Å². The third kappa shape index (κ3) is 4.40. The van der Waals surface area contributed by atoms with E-state index < -0.39 is 28.7 Å². The topological polar surface area (TPSA) is 87.7 Å². The number of anilines is 1. The second-order valence-electron chi connectivity index (χ2n) is 8.31. The summed E-state index contributed by atoms with van der Waals surface area (Å²) in [5.74, 6) is 0.553. The van der Waals surface area contributed by atoms with E-state index in [4.69, 9.17) is 11.6 Å². The molecular weight excluding hydrogens is 525 g/mol. The average molecular weight is 543 g/mol. The number of fused-ring (bicyclic) bond motifs is 1. The summed E-state index contributed by atoms with van der Waals surface area (Å²) in [6.45, 7) is 0.478. The smallest absolute Gasteiger partial charge is 0.345 e. The molecule has 1 fully saturated rings. The molecule has 4 aromatic rings. The van der Waals surface area contributed by atoms with E-state index in [2.05, 4.69) is 21.0 Å². The van der Waals surface area contributed by atoms with Crippen molar-refractivity contribution in [3.63, 3.8) is 0 Å². The molecule has 0 bridgehead atoms. The molecule has 0 N–H and O–H groups in total. The number of halogens is 4. The maximum Gasteiger partial charge on any atom is 0.417 e. The first-order valence-electron chi connectivity index (χ1n) is 11.2. The van der Waals surface area contributed by atoms with Crippen LogP contribution in [-0.2, 0) is 6.18 Å². The Bertz CT molecular complexity index is 1600. The van der Waals surface area contributed by atoms with Crippen molar-refractivity contribution in [2.45, 2.75) is 30.2 Å². The van der Waals surface area contributed by atoms with Crippen molar-refractivity contribution < 1.29 is 13.2 Å². The second-order valence-corrected chi connectivity index (χ2v) is 9.44. The molecule has 5 rings (SSSR count). The van der Waals surface area contributed by atoms with Crippen LogP contribution in [0.1, 0.15) is 35.8 Å². The van der Waals surface area contributed by atoms with E-state index in [9.17, 15) is 23.2 Å². The highest BCUT2D eigenvalue weighted by molar-refractivity contribution is 7.98. The number of rotatable bonds is 4. The number of nitriles is 1. The Hall–Kier alpha value is -3.62. The van der Waals surface area contributed by atoms with Crippen LogP contribution in [0.3, 0.4) is 0 Å². The molecule has 1 aliphatic heterocycles. The van der Waals surface area contributed by atoms with Crippen LogP contribution in [-0.4, -0.2) is 32.3 Å². The van der Waals surface area contributed by atoms with Crippen molar-refractivity contribution in [2.24, 2.45) is 0 Å². The lowest BCUT2D eigenvalue weighted by molar-refractivity contribution is -0.136. The summed E-state index contributed by atoms with van der Waals surface area (Å²) in [4.78, 5) is 28.9. The van der Waals surface area contributed by atoms with Crippen molar-refractivity contribution in [1.29, 1.82) is 5.26 Å². The Morgan fingerprint density at radius 2 is 1.86 bits per heavy atom. The van der Waals surface area contributed by atoms with Gasteiger partial charge in [-0.05, 0) is 43.4 Å². The van der Waals surface area contributed by atoms with Crippen LogP contribution in [0, 0.1) is 11.3 Å². The second kappa shape index (κ2) is 9.68. The molecule has 2 aromatic heterocycles. The molecule has 7 nitrogen and oxygen atoms in total. The third-order valence-corrected chi connectivity index (χ3v) is 7.01. The molecule has 0 aliphatic carbocycles. The first kappa shape index (κ1) is 25.0. The van der Waals surface area contributed by atoms with E-state index in [0.29, 0.717) is 36.0 Å². The van der Waals surface area contributed by atoms with Gasteiger partial charge in [-0.1, -0.05) is 47.6 Å². The van der Waals surface area contributed by atoms with Gasteiger partial charge in [0.15, 0.2) is 16.1 Å². The molecule has 37 heavy (non-hydrogen) atoms. The molecule has 0 spiro atoms. The van der Waals surface area contributed by atoms with Crippen LogP contribution < -0.4 is 10.5 Å². The molecule has 0 radical (unpaired) electrons. The summed E-state index contributed by atoms with van der Waals surface area (Å²) in [6, 6.07) is 13.4. The Morgan fingerprint density at radius 1 is 1.11 bits per heavy atom. The van der Waals surface area contributed by atoms with Crippen LogP contribution in [0.25, 0.3) is 16.6 Å². The number of benzene rings is 2. The third-order valence-electron chi connectivity index (χ3n) is 6.19. The number of hydrogen-bond donors (Lipinski definition) is 0. The van der Waals surface area contributed by atoms with Crippen LogP contribution in [0.5, 0.6) is 0 Å². The number of alkyl halides is 3. The van der Waals surface area contributed by atoms with Gasteiger partial charge in [-0.3, -0.25) is 9.36 Å².